The van der Waals surface area contributed by atoms with Crippen molar-refractivity contribution in [2.75, 3.05) is 33.0 Å². The molecule has 0 aliphatic carbocycles. The molecule has 0 bridgehead atoms. The van der Waals surface area contributed by atoms with Crippen molar-refractivity contribution in [3.05, 3.63) is 0 Å². The van der Waals surface area contributed by atoms with Gasteiger partial charge < -0.3 is 130 Å². The Kier molecular flexibility index (Phi) is 19.1. The Morgan fingerprint density at radius 3 is 1.11 bits per heavy atom. The maximum Gasteiger partial charge on any atom is 0.217 e. The second kappa shape index (κ2) is 23.2. The Morgan fingerprint density at radius 2 is 0.692 bits per heavy atom. The lowest BCUT2D eigenvalue weighted by Gasteiger charge is -2.51. The van der Waals surface area contributed by atoms with Crippen molar-refractivity contribution in [1.82, 2.24) is 16.0 Å². The predicted molar refractivity (Wildman–Crippen MR) is 201 cm³/mol. The molecule has 5 saturated heterocycles. The van der Waals surface area contributed by atoms with E-state index in [2.05, 4.69) is 16.0 Å². The van der Waals surface area contributed by atoms with Crippen LogP contribution < -0.4 is 16.0 Å². The van der Waals surface area contributed by atoms with Gasteiger partial charge in [0.25, 0.3) is 0 Å². The smallest absolute Gasteiger partial charge is 0.217 e. The summed E-state index contributed by atoms with van der Waals surface area (Å²) >= 11 is 0. The van der Waals surface area contributed by atoms with Crippen molar-refractivity contribution in [3.63, 3.8) is 0 Å². The minimum absolute atomic E-state index is 0.708. The molecule has 65 heavy (non-hydrogen) atoms. The average Bonchev–Trinajstić information content (AvgIpc) is 3.26. The molecule has 5 fully saturated rings. The van der Waals surface area contributed by atoms with E-state index >= 15 is 0 Å². The molecular formula is C36H61N3O26. The molecule has 0 saturated carbocycles. The number of nitrogens with one attached hydrogen (secondary N) is 3. The maximum absolute atomic E-state index is 12.5. The summed E-state index contributed by atoms with van der Waals surface area (Å²) in [5.74, 6) is -2.31. The van der Waals surface area contributed by atoms with Gasteiger partial charge in [0.2, 0.25) is 17.7 Å². The van der Waals surface area contributed by atoms with Crippen LogP contribution in [0.15, 0.2) is 0 Å². The average molecular weight is 952 g/mol. The summed E-state index contributed by atoms with van der Waals surface area (Å²) < 4.78 is 51.5. The van der Waals surface area contributed by atoms with Crippen LogP contribution in [0.1, 0.15) is 20.8 Å². The first-order valence-electron chi connectivity index (χ1n) is 20.6. The minimum Gasteiger partial charge on any atom is -0.394 e. The van der Waals surface area contributed by atoms with Crippen molar-refractivity contribution in [3.8, 4) is 0 Å². The molecule has 0 spiro atoms. The summed E-state index contributed by atoms with van der Waals surface area (Å²) in [6.07, 6.45) is -39.7. The van der Waals surface area contributed by atoms with Crippen LogP contribution in [0.2, 0.25) is 0 Å². The van der Waals surface area contributed by atoms with Gasteiger partial charge in [-0.25, -0.2) is 0 Å². The van der Waals surface area contributed by atoms with E-state index < -0.39 is 204 Å². The van der Waals surface area contributed by atoms with Crippen LogP contribution in [0, 0.1) is 0 Å². The molecule has 29 heteroatoms. The van der Waals surface area contributed by atoms with E-state index in [1.165, 1.54) is 0 Å². The predicted octanol–water partition coefficient (Wildman–Crippen LogP) is -11.5. The number of hydrogen-bond donors (Lipinski definition) is 17. The van der Waals surface area contributed by atoms with Crippen LogP contribution >= 0.6 is 0 Å². The standard InChI is InChI=1S/C36H61N3O26/c1-9(45)37-17-22(50)20(48)12(4-40)58-33(17)62-28-15(7-43)60-34(18(23(28)51)38-10(2)46)63-29-16(8-44)61-35(19(24(29)52)39-11(3)47)65-31-21(49)13(5-41)59-36(27(31)55)64-30-14(6-42)57-32(56)26(54)25(30)53/h12-36,40-44,48-56H,4-8H2,1-3H3,(H,37,45)(H,38,46)(H,39,47)/t12-,13-,14-,15-,16-,17-,18-,19-,20+,21-,22-,23-,24-,25-,26-,27+,28+,29-,30-,31+,32-,33-,34+,35+,36+/m1/s1. The van der Waals surface area contributed by atoms with Crippen LogP contribution in [0.25, 0.3) is 0 Å². The molecule has 0 aromatic heterocycles. The second-order valence-corrected chi connectivity index (χ2v) is 16.2. The zero-order valence-electron chi connectivity index (χ0n) is 35.1. The van der Waals surface area contributed by atoms with Gasteiger partial charge in [-0.3, -0.25) is 14.4 Å². The molecule has 5 rings (SSSR count). The van der Waals surface area contributed by atoms with Gasteiger partial charge in [0.1, 0.15) is 122 Å². The van der Waals surface area contributed by atoms with E-state index in [0.29, 0.717) is 0 Å². The lowest BCUT2D eigenvalue weighted by Crippen LogP contribution is -2.71. The van der Waals surface area contributed by atoms with Crippen molar-refractivity contribution in [2.45, 2.75) is 174 Å². The van der Waals surface area contributed by atoms with Gasteiger partial charge in [-0.2, -0.15) is 0 Å². The fraction of sp³-hybridized carbons (Fsp3) is 0.917. The number of ether oxygens (including phenoxy) is 9. The van der Waals surface area contributed by atoms with Gasteiger partial charge in [0.05, 0.1) is 33.0 Å². The fourth-order valence-corrected chi connectivity index (χ4v) is 8.25. The Hall–Kier alpha value is -2.51. The molecule has 17 N–H and O–H groups in total. The van der Waals surface area contributed by atoms with Gasteiger partial charge in [-0.1, -0.05) is 0 Å². The highest BCUT2D eigenvalue weighted by atomic mass is 16.8. The van der Waals surface area contributed by atoms with Crippen LogP contribution in [0.3, 0.4) is 0 Å². The summed E-state index contributed by atoms with van der Waals surface area (Å²) in [6, 6.07) is -4.91. The monoisotopic (exact) mass is 951 g/mol. The zero-order valence-corrected chi connectivity index (χ0v) is 35.1. The Balaban J connectivity index is 1.38. The Labute approximate surface area is 369 Å². The number of hydrogen-bond acceptors (Lipinski definition) is 26. The van der Waals surface area contributed by atoms with Crippen molar-refractivity contribution in [1.29, 1.82) is 0 Å². The van der Waals surface area contributed by atoms with E-state index in [9.17, 15) is 85.9 Å². The zero-order chi connectivity index (χ0) is 48.2. The molecule has 376 valence electrons. The van der Waals surface area contributed by atoms with Crippen LogP contribution in [0.4, 0.5) is 0 Å². The quantitative estimate of drug-likeness (QED) is 0.0683. The topological polar surface area (TPSA) is 454 Å². The number of carbonyl (C=O) groups is 3. The third kappa shape index (κ3) is 11.9. The third-order valence-electron chi connectivity index (χ3n) is 11.5. The molecule has 29 nitrogen and oxygen atoms in total. The highest BCUT2D eigenvalue weighted by molar-refractivity contribution is 5.74. The highest BCUT2D eigenvalue weighted by Gasteiger charge is 2.57. The van der Waals surface area contributed by atoms with Gasteiger partial charge in [0.15, 0.2) is 31.5 Å². The largest absolute Gasteiger partial charge is 0.394 e. The SMILES string of the molecule is CC(=O)N[C@H]1[C@H](O[C@H]2[C@H](O)[C@@H](NC(C)=O)[C@H](O[C@@H]3[C@H](O)[C@H](O[C@H]4[C@H](O)[C@@H](O)[C@H](O)O[C@@H]4CO)O[C@H](CO)[C@H]3O)O[C@@H]2CO)O[C@H](CO)[C@H](O[C@H]2O[C@H](CO)[C@H](O)[C@H](O)[C@H]2NC(C)=O)[C@@H]1O. The molecule has 25 atom stereocenters. The molecule has 0 aromatic rings. The molecule has 5 heterocycles. The first kappa shape index (κ1) is 53.4. The number of aliphatic hydroxyl groups is 14. The Morgan fingerprint density at radius 1 is 0.369 bits per heavy atom. The van der Waals surface area contributed by atoms with Gasteiger partial charge in [-0.05, 0) is 0 Å². The Bertz CT molecular complexity index is 1560. The molecule has 5 aliphatic heterocycles. The van der Waals surface area contributed by atoms with Crippen LogP contribution in [-0.4, -0.2) is 276 Å². The summed E-state index contributed by atoms with van der Waals surface area (Å²) in [6.45, 7) is -1.46. The molecule has 0 unspecified atom stereocenters. The van der Waals surface area contributed by atoms with Crippen LogP contribution in [-0.2, 0) is 57.0 Å². The first-order valence-corrected chi connectivity index (χ1v) is 20.6. The maximum atomic E-state index is 12.5. The fourth-order valence-electron chi connectivity index (χ4n) is 8.25. The molecule has 5 aliphatic rings. The normalized spacial score (nSPS) is 47.1. The van der Waals surface area contributed by atoms with E-state index in [-0.39, 0.29) is 0 Å². The number of aliphatic hydroxyl groups excluding tert-OH is 14. The molecule has 3 amide bonds. The molecule has 0 aromatic carbocycles. The minimum atomic E-state index is -2.10. The van der Waals surface area contributed by atoms with Gasteiger partial charge in [-0.15, -0.1) is 0 Å². The van der Waals surface area contributed by atoms with Crippen molar-refractivity contribution in [2.24, 2.45) is 0 Å². The summed E-state index contributed by atoms with van der Waals surface area (Å²) in [5, 5.41) is 156. The van der Waals surface area contributed by atoms with E-state index in [4.69, 9.17) is 42.6 Å². The number of amides is 3. The van der Waals surface area contributed by atoms with E-state index in [1.54, 1.807) is 0 Å². The highest BCUT2D eigenvalue weighted by Crippen LogP contribution is 2.36. The van der Waals surface area contributed by atoms with E-state index in [1.807, 2.05) is 0 Å². The summed E-state index contributed by atoms with van der Waals surface area (Å²) in [5.41, 5.74) is 0. The summed E-state index contributed by atoms with van der Waals surface area (Å²) in [4.78, 5) is 37.0. The van der Waals surface area contributed by atoms with Gasteiger partial charge in [0, 0.05) is 20.8 Å². The third-order valence-corrected chi connectivity index (χ3v) is 11.5. The van der Waals surface area contributed by atoms with Crippen LogP contribution in [0.5, 0.6) is 0 Å². The first-order chi connectivity index (χ1) is 30.7. The lowest BCUT2D eigenvalue weighted by molar-refractivity contribution is -0.379. The molecule has 0 radical (unpaired) electrons. The number of carbonyl (C=O) groups excluding carboxylic acids is 3. The second-order valence-electron chi connectivity index (χ2n) is 16.2. The van der Waals surface area contributed by atoms with Gasteiger partial charge >= 0.3 is 0 Å². The summed E-state index contributed by atoms with van der Waals surface area (Å²) in [7, 11) is 0. The lowest BCUT2D eigenvalue weighted by atomic mass is 9.93. The van der Waals surface area contributed by atoms with Crippen molar-refractivity contribution < 1.29 is 129 Å². The van der Waals surface area contributed by atoms with E-state index in [0.717, 1.165) is 20.8 Å². The molecular weight excluding hydrogens is 890 g/mol. The number of rotatable bonds is 16. The van der Waals surface area contributed by atoms with Crippen molar-refractivity contribution >= 4 is 17.7 Å².